The number of hydrogen-bond acceptors (Lipinski definition) is 4. The molecule has 0 saturated heterocycles. The van der Waals surface area contributed by atoms with E-state index in [9.17, 15) is 9.59 Å². The van der Waals surface area contributed by atoms with E-state index in [0.717, 1.165) is 5.56 Å². The topological polar surface area (TPSA) is 88.7 Å². The van der Waals surface area contributed by atoms with Crippen molar-refractivity contribution in [3.05, 3.63) is 23.8 Å². The number of hydrogen-bond donors (Lipinski definition) is 3. The zero-order valence-electron chi connectivity index (χ0n) is 15.1. The number of benzene rings is 1. The maximum absolute atomic E-state index is 11.9. The van der Waals surface area contributed by atoms with Crippen molar-refractivity contribution < 1.29 is 19.1 Å². The molecule has 0 radical (unpaired) electrons. The van der Waals surface area contributed by atoms with Crippen LogP contribution in [0, 0.1) is 0 Å². The lowest BCUT2D eigenvalue weighted by molar-refractivity contribution is -0.123. The van der Waals surface area contributed by atoms with Crippen LogP contribution in [0.4, 0.5) is 4.79 Å². The largest absolute Gasteiger partial charge is 0.493 e. The molecule has 0 aliphatic carbocycles. The summed E-state index contributed by atoms with van der Waals surface area (Å²) in [6.07, 6.45) is 0. The zero-order valence-corrected chi connectivity index (χ0v) is 15.1. The Balaban J connectivity index is 2.53. The molecule has 0 heterocycles. The van der Waals surface area contributed by atoms with Crippen LogP contribution in [0.1, 0.15) is 33.3 Å². The standard InChI is InChI=1S/C17H27N3O4/c1-11(15(21)20-17(2,3)4)19-16(22)18-10-12-7-8-13(23-5)14(9-12)24-6/h7-9,11H,10H2,1-6H3,(H,20,21)(H2,18,19,22)/t11-/m1/s1. The lowest BCUT2D eigenvalue weighted by Crippen LogP contribution is -2.52. The molecule has 134 valence electrons. The molecule has 0 aliphatic heterocycles. The van der Waals surface area contributed by atoms with Gasteiger partial charge < -0.3 is 25.4 Å². The quantitative estimate of drug-likeness (QED) is 0.738. The van der Waals surface area contributed by atoms with Crippen molar-refractivity contribution in [3.63, 3.8) is 0 Å². The van der Waals surface area contributed by atoms with Gasteiger partial charge in [-0.3, -0.25) is 4.79 Å². The number of carbonyl (C=O) groups is 2. The average Bonchev–Trinajstić information content (AvgIpc) is 2.50. The molecule has 1 aromatic rings. The Hall–Kier alpha value is -2.44. The summed E-state index contributed by atoms with van der Waals surface area (Å²) in [5.41, 5.74) is 0.512. The number of carbonyl (C=O) groups excluding carboxylic acids is 2. The van der Waals surface area contributed by atoms with Crippen LogP contribution >= 0.6 is 0 Å². The maximum Gasteiger partial charge on any atom is 0.315 e. The molecular formula is C17H27N3O4. The third-order valence-corrected chi connectivity index (χ3v) is 3.14. The van der Waals surface area contributed by atoms with Gasteiger partial charge in [-0.15, -0.1) is 0 Å². The molecule has 24 heavy (non-hydrogen) atoms. The van der Waals surface area contributed by atoms with Crippen LogP contribution in [0.15, 0.2) is 18.2 Å². The first-order valence-corrected chi connectivity index (χ1v) is 7.73. The molecule has 3 N–H and O–H groups in total. The Kier molecular flexibility index (Phi) is 6.88. The number of methoxy groups -OCH3 is 2. The molecule has 7 nitrogen and oxygen atoms in total. The van der Waals surface area contributed by atoms with Gasteiger partial charge >= 0.3 is 6.03 Å². The van der Waals surface area contributed by atoms with Crippen LogP contribution in [-0.4, -0.2) is 37.7 Å². The van der Waals surface area contributed by atoms with E-state index in [0.29, 0.717) is 18.0 Å². The van der Waals surface area contributed by atoms with Gasteiger partial charge in [0.15, 0.2) is 11.5 Å². The van der Waals surface area contributed by atoms with Crippen molar-refractivity contribution >= 4 is 11.9 Å². The van der Waals surface area contributed by atoms with Crippen LogP contribution in [0.5, 0.6) is 11.5 Å². The molecule has 1 atom stereocenters. The Bertz CT molecular complexity index is 582. The lowest BCUT2D eigenvalue weighted by atomic mass is 10.1. The highest BCUT2D eigenvalue weighted by atomic mass is 16.5. The Morgan fingerprint density at radius 2 is 1.75 bits per heavy atom. The molecular weight excluding hydrogens is 310 g/mol. The summed E-state index contributed by atoms with van der Waals surface area (Å²) >= 11 is 0. The fourth-order valence-electron chi connectivity index (χ4n) is 1.96. The number of urea groups is 1. The first kappa shape index (κ1) is 19.6. The second-order valence-electron chi connectivity index (χ2n) is 6.48. The number of nitrogens with one attached hydrogen (secondary N) is 3. The van der Waals surface area contributed by atoms with Crippen molar-refractivity contribution in [1.82, 2.24) is 16.0 Å². The first-order valence-electron chi connectivity index (χ1n) is 7.73. The maximum atomic E-state index is 11.9. The van der Waals surface area contributed by atoms with E-state index in [-0.39, 0.29) is 11.4 Å². The van der Waals surface area contributed by atoms with Crippen LogP contribution in [0.25, 0.3) is 0 Å². The summed E-state index contributed by atoms with van der Waals surface area (Å²) in [5, 5.41) is 8.13. The minimum Gasteiger partial charge on any atom is -0.493 e. The fraction of sp³-hybridized carbons (Fsp3) is 0.529. The first-order chi connectivity index (χ1) is 11.2. The fourth-order valence-corrected chi connectivity index (χ4v) is 1.96. The Labute approximate surface area is 143 Å². The van der Waals surface area contributed by atoms with Gasteiger partial charge in [-0.25, -0.2) is 4.79 Å². The summed E-state index contributed by atoms with van der Waals surface area (Å²) in [4.78, 5) is 23.9. The van der Waals surface area contributed by atoms with Gasteiger partial charge in [-0.1, -0.05) is 6.07 Å². The number of ether oxygens (including phenoxy) is 2. The second kappa shape index (κ2) is 8.42. The summed E-state index contributed by atoms with van der Waals surface area (Å²) < 4.78 is 10.4. The van der Waals surface area contributed by atoms with Gasteiger partial charge in [0.05, 0.1) is 14.2 Å². The number of amides is 3. The Morgan fingerprint density at radius 1 is 1.12 bits per heavy atom. The highest BCUT2D eigenvalue weighted by Crippen LogP contribution is 2.27. The molecule has 0 spiro atoms. The van der Waals surface area contributed by atoms with Crippen molar-refractivity contribution in [2.24, 2.45) is 0 Å². The molecule has 1 rings (SSSR count). The summed E-state index contributed by atoms with van der Waals surface area (Å²) in [6, 6.07) is 4.34. The molecule has 1 aromatic carbocycles. The van der Waals surface area contributed by atoms with Gasteiger partial charge in [0.1, 0.15) is 6.04 Å². The van der Waals surface area contributed by atoms with Crippen molar-refractivity contribution in [2.45, 2.75) is 45.8 Å². The molecule has 0 aliphatic rings. The summed E-state index contributed by atoms with van der Waals surface area (Å²) in [5.74, 6) is 0.983. The van der Waals surface area contributed by atoms with Gasteiger partial charge in [0, 0.05) is 12.1 Å². The van der Waals surface area contributed by atoms with Crippen molar-refractivity contribution in [2.75, 3.05) is 14.2 Å². The van der Waals surface area contributed by atoms with Crippen LogP contribution in [0.3, 0.4) is 0 Å². The lowest BCUT2D eigenvalue weighted by Gasteiger charge is -2.23. The Morgan fingerprint density at radius 3 is 2.29 bits per heavy atom. The monoisotopic (exact) mass is 337 g/mol. The zero-order chi connectivity index (χ0) is 18.3. The normalized spacial score (nSPS) is 12.1. The summed E-state index contributed by atoms with van der Waals surface area (Å²) in [6.45, 7) is 7.59. The van der Waals surface area contributed by atoms with E-state index in [2.05, 4.69) is 16.0 Å². The van der Waals surface area contributed by atoms with Crippen LogP contribution < -0.4 is 25.4 Å². The van der Waals surface area contributed by atoms with E-state index in [1.807, 2.05) is 26.8 Å². The molecule has 3 amide bonds. The molecule has 7 heteroatoms. The predicted molar refractivity (Wildman–Crippen MR) is 92.3 cm³/mol. The van der Waals surface area contributed by atoms with Crippen LogP contribution in [-0.2, 0) is 11.3 Å². The van der Waals surface area contributed by atoms with E-state index in [1.165, 1.54) is 0 Å². The van der Waals surface area contributed by atoms with Crippen LogP contribution in [0.2, 0.25) is 0 Å². The molecule has 0 bridgehead atoms. The minimum absolute atomic E-state index is 0.233. The highest BCUT2D eigenvalue weighted by Gasteiger charge is 2.20. The number of rotatable bonds is 6. The summed E-state index contributed by atoms with van der Waals surface area (Å²) in [7, 11) is 3.12. The van der Waals surface area contributed by atoms with Crippen molar-refractivity contribution in [3.8, 4) is 11.5 Å². The van der Waals surface area contributed by atoms with Crippen molar-refractivity contribution in [1.29, 1.82) is 0 Å². The third-order valence-electron chi connectivity index (χ3n) is 3.14. The SMILES string of the molecule is COc1ccc(CNC(=O)N[C@H](C)C(=O)NC(C)(C)C)cc1OC. The van der Waals surface area contributed by atoms with Gasteiger partial charge in [0.2, 0.25) is 5.91 Å². The highest BCUT2D eigenvalue weighted by molar-refractivity contribution is 5.87. The van der Waals surface area contributed by atoms with E-state index < -0.39 is 12.1 Å². The third kappa shape index (κ3) is 6.36. The van der Waals surface area contributed by atoms with Gasteiger partial charge in [0.25, 0.3) is 0 Å². The van der Waals surface area contributed by atoms with Gasteiger partial charge in [-0.05, 0) is 45.4 Å². The van der Waals surface area contributed by atoms with E-state index in [4.69, 9.17) is 9.47 Å². The van der Waals surface area contributed by atoms with E-state index >= 15 is 0 Å². The molecule has 0 saturated carbocycles. The smallest absolute Gasteiger partial charge is 0.315 e. The molecule has 0 unspecified atom stereocenters. The predicted octanol–water partition coefficient (Wildman–Crippen LogP) is 1.81. The van der Waals surface area contributed by atoms with Gasteiger partial charge in [-0.2, -0.15) is 0 Å². The van der Waals surface area contributed by atoms with E-state index in [1.54, 1.807) is 33.3 Å². The molecule has 0 fully saturated rings. The minimum atomic E-state index is -0.630. The second-order valence-corrected chi connectivity index (χ2v) is 6.48. The molecule has 0 aromatic heterocycles. The average molecular weight is 337 g/mol.